The largest absolute Gasteiger partial charge is 0.301 e. The first-order valence-electron chi connectivity index (χ1n) is 7.21. The fourth-order valence-corrected chi connectivity index (χ4v) is 2.51. The highest BCUT2D eigenvalue weighted by Gasteiger charge is 2.18. The Balaban J connectivity index is 1.84. The zero-order valence-electron chi connectivity index (χ0n) is 12.0. The molecule has 4 heteroatoms. The third-order valence-electron chi connectivity index (χ3n) is 3.71. The van der Waals surface area contributed by atoms with Gasteiger partial charge in [-0.25, -0.2) is 0 Å². The molecular formula is C16H21N3O. The lowest BCUT2D eigenvalue weighted by Gasteiger charge is -2.34. The Kier molecular flexibility index (Phi) is 5.28. The second kappa shape index (κ2) is 7.18. The normalized spacial score (nSPS) is 16.8. The number of carbonyl (C=O) groups excluding carboxylic acids is 1. The molecule has 4 nitrogen and oxygen atoms in total. The van der Waals surface area contributed by atoms with Gasteiger partial charge in [0, 0.05) is 31.7 Å². The lowest BCUT2D eigenvalue weighted by molar-refractivity contribution is 0.0853. The van der Waals surface area contributed by atoms with Gasteiger partial charge < -0.3 is 4.90 Å². The topological polar surface area (TPSA) is 47.3 Å². The fourth-order valence-electron chi connectivity index (χ4n) is 2.51. The second-order valence-electron chi connectivity index (χ2n) is 5.23. The summed E-state index contributed by atoms with van der Waals surface area (Å²) in [5, 5.41) is 8.75. The van der Waals surface area contributed by atoms with Crippen LogP contribution in [0, 0.1) is 11.3 Å². The number of ketones is 1. The summed E-state index contributed by atoms with van der Waals surface area (Å²) in [6.45, 7) is 7.84. The zero-order valence-corrected chi connectivity index (χ0v) is 12.0. The Morgan fingerprint density at radius 3 is 2.30 bits per heavy atom. The first-order valence-corrected chi connectivity index (χ1v) is 7.21. The standard InChI is InChI=1S/C16H21N3O/c1-2-7-18-8-10-19(11-9-18)13-16(20)15-5-3-14(12-17)4-6-15/h3-6H,2,7-11,13H2,1H3. The molecule has 0 bridgehead atoms. The minimum absolute atomic E-state index is 0.137. The van der Waals surface area contributed by atoms with Crippen LogP contribution in [0.15, 0.2) is 24.3 Å². The highest BCUT2D eigenvalue weighted by Crippen LogP contribution is 2.07. The van der Waals surface area contributed by atoms with E-state index < -0.39 is 0 Å². The Bertz CT molecular complexity index is 481. The first-order chi connectivity index (χ1) is 9.72. The van der Waals surface area contributed by atoms with E-state index in [4.69, 9.17) is 5.26 Å². The number of Topliss-reactive ketones (excluding diaryl/α,β-unsaturated/α-hetero) is 1. The molecule has 1 aliphatic heterocycles. The molecule has 1 aromatic carbocycles. The van der Waals surface area contributed by atoms with E-state index in [1.54, 1.807) is 24.3 Å². The zero-order chi connectivity index (χ0) is 14.4. The van der Waals surface area contributed by atoms with Crippen molar-refractivity contribution in [2.24, 2.45) is 0 Å². The molecule has 0 amide bonds. The van der Waals surface area contributed by atoms with E-state index in [1.165, 1.54) is 6.42 Å². The van der Waals surface area contributed by atoms with Crippen LogP contribution in [0.5, 0.6) is 0 Å². The van der Waals surface area contributed by atoms with Crippen LogP contribution in [0.4, 0.5) is 0 Å². The maximum Gasteiger partial charge on any atom is 0.176 e. The van der Waals surface area contributed by atoms with Gasteiger partial charge in [-0.2, -0.15) is 5.26 Å². The average molecular weight is 271 g/mol. The Hall–Kier alpha value is -1.70. The number of piperazine rings is 1. The van der Waals surface area contributed by atoms with Gasteiger partial charge in [0.25, 0.3) is 0 Å². The van der Waals surface area contributed by atoms with Crippen molar-refractivity contribution in [1.82, 2.24) is 9.80 Å². The third kappa shape index (κ3) is 3.89. The predicted molar refractivity (Wildman–Crippen MR) is 78.7 cm³/mol. The summed E-state index contributed by atoms with van der Waals surface area (Å²) in [6.07, 6.45) is 1.18. The van der Waals surface area contributed by atoms with Crippen LogP contribution in [0.25, 0.3) is 0 Å². The summed E-state index contributed by atoms with van der Waals surface area (Å²) < 4.78 is 0. The number of nitrogens with zero attached hydrogens (tertiary/aromatic N) is 3. The molecule has 106 valence electrons. The molecule has 0 atom stereocenters. The van der Waals surface area contributed by atoms with Crippen LogP contribution >= 0.6 is 0 Å². The summed E-state index contributed by atoms with van der Waals surface area (Å²) >= 11 is 0. The van der Waals surface area contributed by atoms with Crippen molar-refractivity contribution < 1.29 is 4.79 Å². The molecule has 20 heavy (non-hydrogen) atoms. The molecule has 1 heterocycles. The van der Waals surface area contributed by atoms with Crippen LogP contribution in [-0.4, -0.2) is 54.9 Å². The first kappa shape index (κ1) is 14.7. The van der Waals surface area contributed by atoms with Gasteiger partial charge in [-0.15, -0.1) is 0 Å². The second-order valence-corrected chi connectivity index (χ2v) is 5.23. The molecule has 0 aliphatic carbocycles. The number of rotatable bonds is 5. The molecule has 1 saturated heterocycles. The van der Waals surface area contributed by atoms with Crippen molar-refractivity contribution in [1.29, 1.82) is 5.26 Å². The molecule has 0 unspecified atom stereocenters. The van der Waals surface area contributed by atoms with E-state index in [0.29, 0.717) is 17.7 Å². The quantitative estimate of drug-likeness (QED) is 0.766. The molecule has 0 saturated carbocycles. The predicted octanol–water partition coefficient (Wildman–Crippen LogP) is 1.77. The van der Waals surface area contributed by atoms with Crippen molar-refractivity contribution in [2.75, 3.05) is 39.3 Å². The molecule has 1 aromatic rings. The lowest BCUT2D eigenvalue weighted by atomic mass is 10.1. The molecule has 1 aliphatic rings. The molecule has 0 aromatic heterocycles. The van der Waals surface area contributed by atoms with Gasteiger partial charge in [-0.3, -0.25) is 9.69 Å². The molecular weight excluding hydrogens is 250 g/mol. The third-order valence-corrected chi connectivity index (χ3v) is 3.71. The number of hydrogen-bond donors (Lipinski definition) is 0. The molecule has 2 rings (SSSR count). The number of nitriles is 1. The van der Waals surface area contributed by atoms with Crippen LogP contribution in [0.2, 0.25) is 0 Å². The number of benzene rings is 1. The lowest BCUT2D eigenvalue weighted by Crippen LogP contribution is -2.47. The van der Waals surface area contributed by atoms with Crippen LogP contribution in [0.1, 0.15) is 29.3 Å². The van der Waals surface area contributed by atoms with Crippen molar-refractivity contribution in [2.45, 2.75) is 13.3 Å². The molecule has 1 fully saturated rings. The van der Waals surface area contributed by atoms with E-state index in [2.05, 4.69) is 22.8 Å². The van der Waals surface area contributed by atoms with E-state index in [9.17, 15) is 4.79 Å². The Morgan fingerprint density at radius 1 is 1.15 bits per heavy atom. The van der Waals surface area contributed by atoms with Gasteiger partial charge in [0.2, 0.25) is 0 Å². The molecule has 0 radical (unpaired) electrons. The maximum atomic E-state index is 12.2. The van der Waals surface area contributed by atoms with Crippen molar-refractivity contribution >= 4 is 5.78 Å². The SMILES string of the molecule is CCCN1CCN(CC(=O)c2ccc(C#N)cc2)CC1. The van der Waals surface area contributed by atoms with E-state index in [1.807, 2.05) is 0 Å². The highest BCUT2D eigenvalue weighted by molar-refractivity contribution is 5.97. The summed E-state index contributed by atoms with van der Waals surface area (Å²) in [6, 6.07) is 8.95. The summed E-state index contributed by atoms with van der Waals surface area (Å²) in [4.78, 5) is 16.8. The fraction of sp³-hybridized carbons (Fsp3) is 0.500. The van der Waals surface area contributed by atoms with Gasteiger partial charge in [-0.1, -0.05) is 19.1 Å². The van der Waals surface area contributed by atoms with Crippen molar-refractivity contribution in [3.63, 3.8) is 0 Å². The van der Waals surface area contributed by atoms with Gasteiger partial charge in [-0.05, 0) is 25.1 Å². The van der Waals surface area contributed by atoms with E-state index in [-0.39, 0.29) is 5.78 Å². The minimum Gasteiger partial charge on any atom is -0.301 e. The van der Waals surface area contributed by atoms with Crippen LogP contribution in [-0.2, 0) is 0 Å². The Labute approximate surface area is 120 Å². The van der Waals surface area contributed by atoms with Crippen molar-refractivity contribution in [3.05, 3.63) is 35.4 Å². The number of hydrogen-bond acceptors (Lipinski definition) is 4. The molecule has 0 spiro atoms. The van der Waals surface area contributed by atoms with Gasteiger partial charge in [0.1, 0.15) is 0 Å². The smallest absolute Gasteiger partial charge is 0.176 e. The number of carbonyl (C=O) groups is 1. The highest BCUT2D eigenvalue weighted by atomic mass is 16.1. The van der Waals surface area contributed by atoms with Gasteiger partial charge in [0.05, 0.1) is 18.2 Å². The monoisotopic (exact) mass is 271 g/mol. The van der Waals surface area contributed by atoms with Gasteiger partial charge >= 0.3 is 0 Å². The summed E-state index contributed by atoms with van der Waals surface area (Å²) in [5.74, 6) is 0.137. The van der Waals surface area contributed by atoms with Gasteiger partial charge in [0.15, 0.2) is 5.78 Å². The van der Waals surface area contributed by atoms with E-state index >= 15 is 0 Å². The van der Waals surface area contributed by atoms with Crippen LogP contribution in [0.3, 0.4) is 0 Å². The summed E-state index contributed by atoms with van der Waals surface area (Å²) in [7, 11) is 0. The Morgan fingerprint density at radius 2 is 1.75 bits per heavy atom. The average Bonchev–Trinajstić information content (AvgIpc) is 2.49. The maximum absolute atomic E-state index is 12.2. The van der Waals surface area contributed by atoms with E-state index in [0.717, 1.165) is 32.7 Å². The summed E-state index contributed by atoms with van der Waals surface area (Å²) in [5.41, 5.74) is 1.29. The molecule has 0 N–H and O–H groups in total. The van der Waals surface area contributed by atoms with Crippen LogP contribution < -0.4 is 0 Å². The minimum atomic E-state index is 0.137. The van der Waals surface area contributed by atoms with Crippen molar-refractivity contribution in [3.8, 4) is 6.07 Å².